The molecule has 2 nitrogen and oxygen atoms in total. The zero-order chi connectivity index (χ0) is 13.7. The van der Waals surface area contributed by atoms with E-state index in [-0.39, 0.29) is 17.0 Å². The molecule has 0 radical (unpaired) electrons. The normalized spacial score (nSPS) is 12.6. The standard InChI is InChI=1S/C13H16Cl2FNO/c1-8(2)5-10(7-14)17-13(18)9-3-4-12(16)11(15)6-9/h3-4,6,8,10H,5,7H2,1-2H3,(H,17,18). The van der Waals surface area contributed by atoms with E-state index in [2.05, 4.69) is 19.2 Å². The van der Waals surface area contributed by atoms with E-state index in [9.17, 15) is 9.18 Å². The first-order valence-corrected chi connectivity index (χ1v) is 6.67. The van der Waals surface area contributed by atoms with Gasteiger partial charge in [0.15, 0.2) is 0 Å². The summed E-state index contributed by atoms with van der Waals surface area (Å²) in [5, 5.41) is 2.75. The van der Waals surface area contributed by atoms with E-state index in [1.165, 1.54) is 18.2 Å². The van der Waals surface area contributed by atoms with E-state index in [1.54, 1.807) is 0 Å². The first-order valence-electron chi connectivity index (χ1n) is 5.76. The second kappa shape index (κ2) is 6.95. The first-order chi connectivity index (χ1) is 8.43. The average molecular weight is 292 g/mol. The van der Waals surface area contributed by atoms with Crippen molar-refractivity contribution in [1.82, 2.24) is 5.32 Å². The lowest BCUT2D eigenvalue weighted by Gasteiger charge is -2.18. The molecule has 0 aliphatic rings. The minimum atomic E-state index is -0.538. The van der Waals surface area contributed by atoms with Gasteiger partial charge in [-0.1, -0.05) is 25.4 Å². The second-order valence-corrected chi connectivity index (χ2v) is 5.30. The van der Waals surface area contributed by atoms with Crippen LogP contribution in [0.15, 0.2) is 18.2 Å². The molecule has 1 aromatic carbocycles. The van der Waals surface area contributed by atoms with Crippen LogP contribution < -0.4 is 5.32 Å². The molecule has 0 bridgehead atoms. The van der Waals surface area contributed by atoms with Gasteiger partial charge < -0.3 is 5.32 Å². The smallest absolute Gasteiger partial charge is 0.251 e. The summed E-state index contributed by atoms with van der Waals surface area (Å²) in [6.07, 6.45) is 0.796. The molecule has 0 aliphatic carbocycles. The van der Waals surface area contributed by atoms with Gasteiger partial charge in [-0.25, -0.2) is 4.39 Å². The Morgan fingerprint density at radius 3 is 2.61 bits per heavy atom. The highest BCUT2D eigenvalue weighted by molar-refractivity contribution is 6.31. The molecule has 0 fully saturated rings. The Morgan fingerprint density at radius 1 is 1.44 bits per heavy atom. The Balaban J connectivity index is 2.71. The van der Waals surface area contributed by atoms with Gasteiger partial charge in [-0.3, -0.25) is 4.79 Å². The molecule has 5 heteroatoms. The van der Waals surface area contributed by atoms with Crippen LogP contribution >= 0.6 is 23.2 Å². The molecular weight excluding hydrogens is 276 g/mol. The number of hydrogen-bond acceptors (Lipinski definition) is 1. The molecule has 0 aliphatic heterocycles. The molecule has 1 amide bonds. The van der Waals surface area contributed by atoms with Crippen molar-refractivity contribution in [2.45, 2.75) is 26.3 Å². The maximum absolute atomic E-state index is 13.0. The van der Waals surface area contributed by atoms with Gasteiger partial charge >= 0.3 is 0 Å². The fraction of sp³-hybridized carbons (Fsp3) is 0.462. The monoisotopic (exact) mass is 291 g/mol. The Labute approximate surface area is 116 Å². The molecule has 0 saturated heterocycles. The molecule has 0 saturated carbocycles. The third kappa shape index (κ3) is 4.46. The summed E-state index contributed by atoms with van der Waals surface area (Å²) in [4.78, 5) is 11.9. The van der Waals surface area contributed by atoms with Gasteiger partial charge in [0, 0.05) is 17.5 Å². The van der Waals surface area contributed by atoms with Crippen LogP contribution in [-0.2, 0) is 0 Å². The average Bonchev–Trinajstić information content (AvgIpc) is 2.31. The summed E-state index contributed by atoms with van der Waals surface area (Å²) in [5.41, 5.74) is 0.334. The summed E-state index contributed by atoms with van der Waals surface area (Å²) in [5.74, 6) is -0.0443. The molecule has 0 aromatic heterocycles. The Morgan fingerprint density at radius 2 is 2.11 bits per heavy atom. The van der Waals surface area contributed by atoms with Crippen molar-refractivity contribution in [1.29, 1.82) is 0 Å². The van der Waals surface area contributed by atoms with Crippen molar-refractivity contribution in [2.24, 2.45) is 5.92 Å². The molecule has 1 N–H and O–H groups in total. The Hall–Kier alpha value is -0.800. The SMILES string of the molecule is CC(C)CC(CCl)NC(=O)c1ccc(F)c(Cl)c1. The van der Waals surface area contributed by atoms with E-state index >= 15 is 0 Å². The maximum Gasteiger partial charge on any atom is 0.251 e. The van der Waals surface area contributed by atoms with Gasteiger partial charge in [-0.15, -0.1) is 11.6 Å². The number of alkyl halides is 1. The summed E-state index contributed by atoms with van der Waals surface area (Å²) in [6.45, 7) is 4.11. The number of carbonyl (C=O) groups excluding carboxylic acids is 1. The van der Waals surface area contributed by atoms with Crippen molar-refractivity contribution < 1.29 is 9.18 Å². The second-order valence-electron chi connectivity index (χ2n) is 4.58. The van der Waals surface area contributed by atoms with E-state index in [4.69, 9.17) is 23.2 Å². The maximum atomic E-state index is 13.0. The number of amides is 1. The van der Waals surface area contributed by atoms with Crippen LogP contribution in [0, 0.1) is 11.7 Å². The predicted molar refractivity (Wildman–Crippen MR) is 72.8 cm³/mol. The molecule has 1 atom stereocenters. The van der Waals surface area contributed by atoms with Gasteiger partial charge in [-0.05, 0) is 30.5 Å². The first kappa shape index (κ1) is 15.3. The molecule has 18 heavy (non-hydrogen) atoms. The minimum absolute atomic E-state index is 0.0612. The zero-order valence-corrected chi connectivity index (χ0v) is 11.9. The molecule has 1 rings (SSSR count). The summed E-state index contributed by atoms with van der Waals surface area (Å²) >= 11 is 11.4. The number of rotatable bonds is 5. The quantitative estimate of drug-likeness (QED) is 0.820. The van der Waals surface area contributed by atoms with Crippen LogP contribution in [0.25, 0.3) is 0 Å². The van der Waals surface area contributed by atoms with Crippen molar-refractivity contribution in [3.63, 3.8) is 0 Å². The van der Waals surface area contributed by atoms with Crippen LogP contribution in [0.1, 0.15) is 30.6 Å². The van der Waals surface area contributed by atoms with E-state index < -0.39 is 5.82 Å². The van der Waals surface area contributed by atoms with Gasteiger partial charge in [0.25, 0.3) is 5.91 Å². The predicted octanol–water partition coefficient (Wildman–Crippen LogP) is 3.86. The van der Waals surface area contributed by atoms with Crippen molar-refractivity contribution in [3.8, 4) is 0 Å². The molecule has 1 aromatic rings. The third-order valence-corrected chi connectivity index (χ3v) is 3.12. The highest BCUT2D eigenvalue weighted by atomic mass is 35.5. The molecule has 0 spiro atoms. The van der Waals surface area contributed by atoms with Crippen LogP contribution in [0.4, 0.5) is 4.39 Å². The molecule has 1 unspecified atom stereocenters. The number of carbonyl (C=O) groups is 1. The van der Waals surface area contributed by atoms with Gasteiger partial charge in [0.2, 0.25) is 0 Å². The Bertz CT molecular complexity index is 423. The highest BCUT2D eigenvalue weighted by Gasteiger charge is 2.15. The topological polar surface area (TPSA) is 29.1 Å². The van der Waals surface area contributed by atoms with Crippen LogP contribution in [0.5, 0.6) is 0 Å². The number of benzene rings is 1. The lowest BCUT2D eigenvalue weighted by Crippen LogP contribution is -2.37. The molecule has 100 valence electrons. The van der Waals surface area contributed by atoms with Crippen molar-refractivity contribution in [2.75, 3.05) is 5.88 Å². The third-order valence-electron chi connectivity index (χ3n) is 2.46. The summed E-state index contributed by atoms with van der Waals surface area (Å²) in [6, 6.07) is 3.79. The lowest BCUT2D eigenvalue weighted by molar-refractivity contribution is 0.0936. The molecule has 0 heterocycles. The highest BCUT2D eigenvalue weighted by Crippen LogP contribution is 2.16. The van der Waals surface area contributed by atoms with E-state index in [0.717, 1.165) is 6.42 Å². The zero-order valence-electron chi connectivity index (χ0n) is 10.3. The molecular formula is C13H16Cl2FNO. The fourth-order valence-electron chi connectivity index (χ4n) is 1.64. The van der Waals surface area contributed by atoms with Crippen LogP contribution in [0.2, 0.25) is 5.02 Å². The van der Waals surface area contributed by atoms with Crippen LogP contribution in [-0.4, -0.2) is 17.8 Å². The largest absolute Gasteiger partial charge is 0.348 e. The fourth-order valence-corrected chi connectivity index (χ4v) is 2.02. The van der Waals surface area contributed by atoms with Gasteiger partial charge in [-0.2, -0.15) is 0 Å². The summed E-state index contributed by atoms with van der Waals surface area (Å²) < 4.78 is 13.0. The van der Waals surface area contributed by atoms with E-state index in [0.29, 0.717) is 17.4 Å². The number of hydrogen-bond donors (Lipinski definition) is 1. The van der Waals surface area contributed by atoms with Gasteiger partial charge in [0.1, 0.15) is 5.82 Å². The van der Waals surface area contributed by atoms with Crippen molar-refractivity contribution in [3.05, 3.63) is 34.6 Å². The Kier molecular flexibility index (Phi) is 5.89. The number of halogens is 3. The summed E-state index contributed by atoms with van der Waals surface area (Å²) in [7, 11) is 0. The van der Waals surface area contributed by atoms with Crippen molar-refractivity contribution >= 4 is 29.1 Å². The number of nitrogens with one attached hydrogen (secondary N) is 1. The van der Waals surface area contributed by atoms with Crippen LogP contribution in [0.3, 0.4) is 0 Å². The lowest BCUT2D eigenvalue weighted by atomic mass is 10.0. The van der Waals surface area contributed by atoms with Gasteiger partial charge in [0.05, 0.1) is 5.02 Å². The van der Waals surface area contributed by atoms with E-state index in [1.807, 2.05) is 0 Å². The minimum Gasteiger partial charge on any atom is -0.348 e.